The lowest BCUT2D eigenvalue weighted by Gasteiger charge is -2.28. The second-order valence-electron chi connectivity index (χ2n) is 8.81. The van der Waals surface area contributed by atoms with Crippen molar-refractivity contribution in [3.63, 3.8) is 0 Å². The molecule has 188 valence electrons. The molecule has 0 spiro atoms. The smallest absolute Gasteiger partial charge is 0.254 e. The fourth-order valence-corrected chi connectivity index (χ4v) is 5.08. The molecule has 0 radical (unpaired) electrons. The molecular formula is C25H24N8O3S. The maximum absolute atomic E-state index is 12.5. The molecule has 1 aliphatic rings. The van der Waals surface area contributed by atoms with Crippen LogP contribution >= 0.6 is 0 Å². The number of sulfone groups is 1. The monoisotopic (exact) mass is 516 g/mol. The van der Waals surface area contributed by atoms with Crippen LogP contribution in [0, 0.1) is 0 Å². The molecule has 37 heavy (non-hydrogen) atoms. The third-order valence-corrected chi connectivity index (χ3v) is 6.80. The first-order valence-electron chi connectivity index (χ1n) is 11.8. The molecule has 6 rings (SSSR count). The van der Waals surface area contributed by atoms with Gasteiger partial charge < -0.3 is 9.64 Å². The van der Waals surface area contributed by atoms with Crippen LogP contribution < -0.4 is 4.90 Å². The van der Waals surface area contributed by atoms with Crippen LogP contribution in [0.2, 0.25) is 0 Å². The summed E-state index contributed by atoms with van der Waals surface area (Å²) in [5.74, 6) is 1.14. The first kappa shape index (κ1) is 23.3. The van der Waals surface area contributed by atoms with Crippen LogP contribution in [0.15, 0.2) is 67.3 Å². The average molecular weight is 517 g/mol. The van der Waals surface area contributed by atoms with Gasteiger partial charge in [-0.05, 0) is 17.7 Å². The van der Waals surface area contributed by atoms with Crippen LogP contribution in [0.4, 0.5) is 5.82 Å². The fourth-order valence-electron chi connectivity index (χ4n) is 4.36. The van der Waals surface area contributed by atoms with Gasteiger partial charge in [-0.25, -0.2) is 18.1 Å². The maximum atomic E-state index is 12.5. The summed E-state index contributed by atoms with van der Waals surface area (Å²) in [6, 6.07) is 13.5. The number of benzene rings is 1. The molecule has 0 saturated carbocycles. The number of ether oxygens (including phenoxy) is 1. The molecule has 0 aliphatic carbocycles. The first-order chi connectivity index (χ1) is 18.0. The highest BCUT2D eigenvalue weighted by Gasteiger charge is 2.25. The minimum Gasteiger partial charge on any atom is -0.378 e. The number of rotatable bonds is 6. The highest BCUT2D eigenvalue weighted by atomic mass is 32.2. The lowest BCUT2D eigenvalue weighted by Crippen LogP contribution is -2.37. The molecule has 0 amide bonds. The molecular weight excluding hydrogens is 492 g/mol. The summed E-state index contributed by atoms with van der Waals surface area (Å²) in [5, 5.41) is 4.52. The molecule has 0 atom stereocenters. The van der Waals surface area contributed by atoms with Crippen LogP contribution in [0.3, 0.4) is 0 Å². The summed E-state index contributed by atoms with van der Waals surface area (Å²) in [7, 11) is -3.43. The Morgan fingerprint density at radius 1 is 0.919 bits per heavy atom. The Labute approximate surface area is 213 Å². The van der Waals surface area contributed by atoms with Crippen molar-refractivity contribution >= 4 is 26.8 Å². The topological polar surface area (TPSA) is 121 Å². The summed E-state index contributed by atoms with van der Waals surface area (Å²) in [4.78, 5) is 20.7. The number of aromatic nitrogens is 7. The summed E-state index contributed by atoms with van der Waals surface area (Å²) < 4.78 is 33.7. The summed E-state index contributed by atoms with van der Waals surface area (Å²) >= 11 is 0. The molecule has 11 nitrogen and oxygen atoms in total. The fraction of sp³-hybridized carbons (Fsp3) is 0.240. The van der Waals surface area contributed by atoms with Gasteiger partial charge in [0.1, 0.15) is 11.7 Å². The Hall–Kier alpha value is -4.16. The Bertz CT molecular complexity index is 1660. The first-order valence-corrected chi connectivity index (χ1v) is 13.8. The quantitative estimate of drug-likeness (QED) is 0.335. The van der Waals surface area contributed by atoms with E-state index in [0.29, 0.717) is 55.1 Å². The van der Waals surface area contributed by atoms with E-state index in [0.717, 1.165) is 16.7 Å². The predicted molar refractivity (Wildman–Crippen MR) is 139 cm³/mol. The zero-order valence-corrected chi connectivity index (χ0v) is 20.9. The summed E-state index contributed by atoms with van der Waals surface area (Å²) in [6.45, 7) is 2.37. The third-order valence-electron chi connectivity index (χ3n) is 6.07. The standard InChI is InChI=1S/C25H24N8O3S/c1-37(34,35)17-32-22(19-7-9-26-10-8-19)28-21-23(31-11-13-36-14-12-31)29-25(30-24(21)32)33-16-20(15-27-33)18-5-3-2-4-6-18/h2-10,15-16H,11-14,17H2,1H3. The molecule has 1 aromatic carbocycles. The Morgan fingerprint density at radius 2 is 1.68 bits per heavy atom. The number of imidazole rings is 1. The average Bonchev–Trinajstić information content (AvgIpc) is 3.55. The van der Waals surface area contributed by atoms with E-state index in [4.69, 9.17) is 19.7 Å². The predicted octanol–water partition coefficient (Wildman–Crippen LogP) is 2.58. The highest BCUT2D eigenvalue weighted by molar-refractivity contribution is 7.89. The Morgan fingerprint density at radius 3 is 2.41 bits per heavy atom. The number of hydrogen-bond donors (Lipinski definition) is 0. The molecule has 1 aliphatic heterocycles. The maximum Gasteiger partial charge on any atom is 0.254 e. The molecule has 0 N–H and O–H groups in total. The number of hydrogen-bond acceptors (Lipinski definition) is 9. The summed E-state index contributed by atoms with van der Waals surface area (Å²) in [6.07, 6.45) is 8.11. The van der Waals surface area contributed by atoms with Gasteiger partial charge in [-0.1, -0.05) is 30.3 Å². The van der Waals surface area contributed by atoms with E-state index < -0.39 is 9.84 Å². The molecule has 1 saturated heterocycles. The van der Waals surface area contributed by atoms with Crippen LogP contribution in [0.5, 0.6) is 0 Å². The lowest BCUT2D eigenvalue weighted by molar-refractivity contribution is 0.122. The van der Waals surface area contributed by atoms with Gasteiger partial charge in [0.15, 0.2) is 26.8 Å². The van der Waals surface area contributed by atoms with Crippen molar-refractivity contribution in [3.8, 4) is 28.5 Å². The van der Waals surface area contributed by atoms with Crippen LogP contribution in [-0.4, -0.2) is 75.3 Å². The molecule has 5 heterocycles. The molecule has 12 heteroatoms. The minimum absolute atomic E-state index is 0.283. The van der Waals surface area contributed by atoms with Crippen LogP contribution in [-0.2, 0) is 20.5 Å². The second-order valence-corrected chi connectivity index (χ2v) is 10.9. The number of nitrogens with zero attached hydrogens (tertiary/aromatic N) is 8. The Kier molecular flexibility index (Phi) is 5.89. The zero-order valence-electron chi connectivity index (χ0n) is 20.1. The minimum atomic E-state index is -3.43. The number of fused-ring (bicyclic) bond motifs is 1. The van der Waals surface area contributed by atoms with Crippen molar-refractivity contribution in [3.05, 3.63) is 67.3 Å². The van der Waals surface area contributed by atoms with Gasteiger partial charge in [-0.15, -0.1) is 0 Å². The molecule has 1 fully saturated rings. The number of anilines is 1. The van der Waals surface area contributed by atoms with E-state index in [1.807, 2.05) is 36.5 Å². The van der Waals surface area contributed by atoms with Gasteiger partial charge in [0, 0.05) is 49.1 Å². The van der Waals surface area contributed by atoms with Gasteiger partial charge in [0.05, 0.1) is 19.4 Å². The Balaban J connectivity index is 1.58. The van der Waals surface area contributed by atoms with E-state index in [1.54, 1.807) is 40.0 Å². The van der Waals surface area contributed by atoms with E-state index in [1.165, 1.54) is 6.26 Å². The molecule has 4 aromatic heterocycles. The van der Waals surface area contributed by atoms with Crippen molar-refractivity contribution in [1.82, 2.24) is 34.3 Å². The van der Waals surface area contributed by atoms with E-state index in [-0.39, 0.29) is 5.88 Å². The van der Waals surface area contributed by atoms with Gasteiger partial charge in [0.2, 0.25) is 0 Å². The van der Waals surface area contributed by atoms with Gasteiger partial charge in [-0.2, -0.15) is 15.1 Å². The van der Waals surface area contributed by atoms with E-state index >= 15 is 0 Å². The number of morpholine rings is 1. The van der Waals surface area contributed by atoms with E-state index in [2.05, 4.69) is 15.0 Å². The van der Waals surface area contributed by atoms with E-state index in [9.17, 15) is 8.42 Å². The summed E-state index contributed by atoms with van der Waals surface area (Å²) in [5.41, 5.74) is 3.61. The van der Waals surface area contributed by atoms with Gasteiger partial charge >= 0.3 is 0 Å². The number of pyridine rings is 1. The van der Waals surface area contributed by atoms with Crippen LogP contribution in [0.1, 0.15) is 0 Å². The molecule has 0 bridgehead atoms. The van der Waals surface area contributed by atoms with Crippen molar-refractivity contribution in [2.24, 2.45) is 0 Å². The van der Waals surface area contributed by atoms with Gasteiger partial charge in [-0.3, -0.25) is 9.55 Å². The SMILES string of the molecule is CS(=O)(=O)Cn1c(-c2ccncc2)nc2c(N3CCOCC3)nc(-n3cc(-c4ccccc4)cn3)nc21. The van der Waals surface area contributed by atoms with Gasteiger partial charge in [0.25, 0.3) is 5.95 Å². The highest BCUT2D eigenvalue weighted by Crippen LogP contribution is 2.31. The van der Waals surface area contributed by atoms with Crippen molar-refractivity contribution in [2.45, 2.75) is 5.88 Å². The molecule has 0 unspecified atom stereocenters. The third kappa shape index (κ3) is 4.68. The molecule has 5 aromatic rings. The van der Waals surface area contributed by atoms with Crippen molar-refractivity contribution < 1.29 is 13.2 Å². The second kappa shape index (κ2) is 9.37. The largest absolute Gasteiger partial charge is 0.378 e. The normalized spacial score (nSPS) is 14.4. The van der Waals surface area contributed by atoms with Crippen molar-refractivity contribution in [2.75, 3.05) is 37.5 Å². The zero-order chi connectivity index (χ0) is 25.4. The van der Waals surface area contributed by atoms with Crippen molar-refractivity contribution in [1.29, 1.82) is 0 Å². The van der Waals surface area contributed by atoms with Crippen LogP contribution in [0.25, 0.3) is 39.6 Å². The lowest BCUT2D eigenvalue weighted by atomic mass is 10.1.